The average Bonchev–Trinajstić information content (AvgIpc) is 2.53. The van der Waals surface area contributed by atoms with E-state index in [1.165, 1.54) is 0 Å². The fourth-order valence-corrected chi connectivity index (χ4v) is 2.51. The van der Waals surface area contributed by atoms with Gasteiger partial charge in [0.25, 0.3) is 0 Å². The second kappa shape index (κ2) is 6.71. The second-order valence-electron chi connectivity index (χ2n) is 5.04. The third kappa shape index (κ3) is 3.71. The Balaban J connectivity index is 1.57. The summed E-state index contributed by atoms with van der Waals surface area (Å²) in [5.74, 6) is 1.33. The molecule has 0 saturated carbocycles. The zero-order chi connectivity index (χ0) is 15.4. The lowest BCUT2D eigenvalue weighted by Crippen LogP contribution is -2.16. The molecule has 0 atom stereocenters. The molecule has 1 amide bonds. The van der Waals surface area contributed by atoms with Crippen molar-refractivity contribution in [3.05, 3.63) is 53.1 Å². The van der Waals surface area contributed by atoms with Gasteiger partial charge in [-0.15, -0.1) is 0 Å². The maximum Gasteiger partial charge on any atom is 0.224 e. The van der Waals surface area contributed by atoms with Crippen molar-refractivity contribution in [1.29, 1.82) is 0 Å². The molecule has 1 aliphatic heterocycles. The van der Waals surface area contributed by atoms with Gasteiger partial charge in [-0.2, -0.15) is 0 Å². The summed E-state index contributed by atoms with van der Waals surface area (Å²) in [5, 5.41) is 3.55. The van der Waals surface area contributed by atoms with Crippen LogP contribution >= 0.6 is 11.6 Å². The van der Waals surface area contributed by atoms with Crippen molar-refractivity contribution >= 4 is 23.2 Å². The lowest BCUT2D eigenvalue weighted by atomic mass is 10.1. The van der Waals surface area contributed by atoms with Gasteiger partial charge >= 0.3 is 0 Å². The molecule has 5 heteroatoms. The first-order valence-electron chi connectivity index (χ1n) is 7.15. The third-order valence-electron chi connectivity index (χ3n) is 3.36. The molecule has 0 aliphatic carbocycles. The number of fused-ring (bicyclic) bond motifs is 1. The SMILES string of the molecule is O=C(CCc1cccc(Cl)c1)Nc1ccc2c(c1)OCCO2. The molecule has 114 valence electrons. The van der Waals surface area contributed by atoms with E-state index < -0.39 is 0 Å². The van der Waals surface area contributed by atoms with Crippen molar-refractivity contribution in [2.45, 2.75) is 12.8 Å². The van der Waals surface area contributed by atoms with Gasteiger partial charge < -0.3 is 14.8 Å². The summed E-state index contributed by atoms with van der Waals surface area (Å²) in [6.45, 7) is 1.08. The van der Waals surface area contributed by atoms with E-state index in [1.807, 2.05) is 30.3 Å². The van der Waals surface area contributed by atoms with E-state index in [9.17, 15) is 4.79 Å². The molecular formula is C17H16ClNO3. The number of benzene rings is 2. The largest absolute Gasteiger partial charge is 0.486 e. The zero-order valence-electron chi connectivity index (χ0n) is 12.0. The molecule has 0 aromatic heterocycles. The van der Waals surface area contributed by atoms with E-state index in [2.05, 4.69) is 5.32 Å². The van der Waals surface area contributed by atoms with Gasteiger partial charge in [-0.3, -0.25) is 4.79 Å². The van der Waals surface area contributed by atoms with Crippen LogP contribution in [0.3, 0.4) is 0 Å². The van der Waals surface area contributed by atoms with Gasteiger partial charge in [-0.25, -0.2) is 0 Å². The van der Waals surface area contributed by atoms with E-state index >= 15 is 0 Å². The highest BCUT2D eigenvalue weighted by Gasteiger charge is 2.12. The van der Waals surface area contributed by atoms with Crippen LogP contribution in [0.5, 0.6) is 11.5 Å². The number of ether oxygens (including phenoxy) is 2. The monoisotopic (exact) mass is 317 g/mol. The number of hydrogen-bond acceptors (Lipinski definition) is 3. The molecule has 0 fully saturated rings. The Morgan fingerprint density at radius 3 is 2.73 bits per heavy atom. The van der Waals surface area contributed by atoms with E-state index in [1.54, 1.807) is 12.1 Å². The van der Waals surface area contributed by atoms with E-state index in [4.69, 9.17) is 21.1 Å². The molecule has 0 saturated heterocycles. The molecule has 1 heterocycles. The smallest absolute Gasteiger partial charge is 0.224 e. The second-order valence-corrected chi connectivity index (χ2v) is 5.47. The molecule has 0 unspecified atom stereocenters. The van der Waals surface area contributed by atoms with Gasteiger partial charge in [0, 0.05) is 23.2 Å². The molecule has 2 aromatic carbocycles. The number of halogens is 1. The van der Waals surface area contributed by atoms with Crippen LogP contribution in [0.25, 0.3) is 0 Å². The fraction of sp³-hybridized carbons (Fsp3) is 0.235. The molecule has 3 rings (SSSR count). The van der Waals surface area contributed by atoms with Crippen molar-refractivity contribution < 1.29 is 14.3 Å². The summed E-state index contributed by atoms with van der Waals surface area (Å²) in [5.41, 5.74) is 1.75. The summed E-state index contributed by atoms with van der Waals surface area (Å²) in [7, 11) is 0. The lowest BCUT2D eigenvalue weighted by molar-refractivity contribution is -0.116. The summed E-state index contributed by atoms with van der Waals surface area (Å²) >= 11 is 5.93. The van der Waals surface area contributed by atoms with Crippen molar-refractivity contribution in [2.75, 3.05) is 18.5 Å². The number of anilines is 1. The topological polar surface area (TPSA) is 47.6 Å². The highest BCUT2D eigenvalue weighted by Crippen LogP contribution is 2.32. The van der Waals surface area contributed by atoms with Crippen LogP contribution in [0.4, 0.5) is 5.69 Å². The van der Waals surface area contributed by atoms with Crippen LogP contribution in [-0.2, 0) is 11.2 Å². The van der Waals surface area contributed by atoms with Crippen LogP contribution in [-0.4, -0.2) is 19.1 Å². The highest BCUT2D eigenvalue weighted by atomic mass is 35.5. The average molecular weight is 318 g/mol. The number of carbonyl (C=O) groups excluding carboxylic acids is 1. The Kier molecular flexibility index (Phi) is 4.49. The molecular weight excluding hydrogens is 302 g/mol. The van der Waals surface area contributed by atoms with Crippen molar-refractivity contribution in [2.24, 2.45) is 0 Å². The Bertz CT molecular complexity index is 687. The minimum atomic E-state index is -0.0448. The lowest BCUT2D eigenvalue weighted by Gasteiger charge is -2.19. The molecule has 1 aliphatic rings. The minimum Gasteiger partial charge on any atom is -0.486 e. The van der Waals surface area contributed by atoms with Crippen LogP contribution in [0.1, 0.15) is 12.0 Å². The summed E-state index contributed by atoms with van der Waals surface area (Å²) in [4.78, 5) is 12.0. The Morgan fingerprint density at radius 2 is 1.91 bits per heavy atom. The first kappa shape index (κ1) is 14.7. The quantitative estimate of drug-likeness (QED) is 0.935. The van der Waals surface area contributed by atoms with Crippen LogP contribution in [0.15, 0.2) is 42.5 Å². The van der Waals surface area contributed by atoms with E-state index in [-0.39, 0.29) is 5.91 Å². The number of hydrogen-bond donors (Lipinski definition) is 1. The normalized spacial score (nSPS) is 12.8. The maximum absolute atomic E-state index is 12.0. The standard InChI is InChI=1S/C17H16ClNO3/c18-13-3-1-2-12(10-13)4-7-17(20)19-14-5-6-15-16(11-14)22-9-8-21-15/h1-3,5-6,10-11H,4,7-9H2,(H,19,20). The summed E-state index contributed by atoms with van der Waals surface area (Å²) in [6.07, 6.45) is 1.05. The zero-order valence-corrected chi connectivity index (χ0v) is 12.7. The van der Waals surface area contributed by atoms with Crippen LogP contribution < -0.4 is 14.8 Å². The molecule has 0 spiro atoms. The van der Waals surface area contributed by atoms with Gasteiger partial charge in [-0.05, 0) is 36.2 Å². The number of rotatable bonds is 4. The van der Waals surface area contributed by atoms with E-state index in [0.717, 1.165) is 5.56 Å². The van der Waals surface area contributed by atoms with Gasteiger partial charge in [0.15, 0.2) is 11.5 Å². The van der Waals surface area contributed by atoms with Crippen molar-refractivity contribution in [3.8, 4) is 11.5 Å². The predicted octanol–water partition coefficient (Wildman–Crippen LogP) is 3.68. The number of nitrogens with one attached hydrogen (secondary N) is 1. The highest BCUT2D eigenvalue weighted by molar-refractivity contribution is 6.30. The first-order valence-corrected chi connectivity index (χ1v) is 7.52. The van der Waals surface area contributed by atoms with E-state index in [0.29, 0.717) is 48.3 Å². The molecule has 22 heavy (non-hydrogen) atoms. The van der Waals surface area contributed by atoms with Gasteiger partial charge in [-0.1, -0.05) is 23.7 Å². The molecule has 4 nitrogen and oxygen atoms in total. The van der Waals surface area contributed by atoms with Crippen LogP contribution in [0, 0.1) is 0 Å². The Labute approximate surface area is 134 Å². The Hall–Kier alpha value is -2.20. The van der Waals surface area contributed by atoms with Crippen molar-refractivity contribution in [1.82, 2.24) is 0 Å². The molecule has 2 aromatic rings. The third-order valence-corrected chi connectivity index (χ3v) is 3.59. The minimum absolute atomic E-state index is 0.0448. The fourth-order valence-electron chi connectivity index (χ4n) is 2.29. The molecule has 1 N–H and O–H groups in total. The number of aryl methyl sites for hydroxylation is 1. The van der Waals surface area contributed by atoms with Gasteiger partial charge in [0.1, 0.15) is 13.2 Å². The molecule has 0 bridgehead atoms. The van der Waals surface area contributed by atoms with Gasteiger partial charge in [0.05, 0.1) is 0 Å². The predicted molar refractivity (Wildman–Crippen MR) is 85.8 cm³/mol. The van der Waals surface area contributed by atoms with Crippen molar-refractivity contribution in [3.63, 3.8) is 0 Å². The maximum atomic E-state index is 12.0. The van der Waals surface area contributed by atoms with Crippen LogP contribution in [0.2, 0.25) is 5.02 Å². The molecule has 0 radical (unpaired) electrons. The Morgan fingerprint density at radius 1 is 1.09 bits per heavy atom. The number of amides is 1. The number of carbonyl (C=O) groups is 1. The summed E-state index contributed by atoms with van der Waals surface area (Å²) in [6, 6.07) is 12.9. The van der Waals surface area contributed by atoms with Gasteiger partial charge in [0.2, 0.25) is 5.91 Å². The first-order chi connectivity index (χ1) is 10.7. The summed E-state index contributed by atoms with van der Waals surface area (Å²) < 4.78 is 10.9.